The SMILES string of the molecule is c1cc(CN2CC3(CCCC3)NCC2C2CC2)ccn1. The van der Waals surface area contributed by atoms with E-state index in [-0.39, 0.29) is 0 Å². The van der Waals surface area contributed by atoms with E-state index in [2.05, 4.69) is 27.3 Å². The van der Waals surface area contributed by atoms with Crippen molar-refractivity contribution < 1.29 is 0 Å². The highest BCUT2D eigenvalue weighted by Crippen LogP contribution is 2.41. The number of nitrogens with one attached hydrogen (secondary N) is 1. The van der Waals surface area contributed by atoms with Gasteiger partial charge in [-0.2, -0.15) is 0 Å². The van der Waals surface area contributed by atoms with E-state index in [9.17, 15) is 0 Å². The molecule has 108 valence electrons. The quantitative estimate of drug-likeness (QED) is 0.916. The van der Waals surface area contributed by atoms with Crippen LogP contribution in [0.4, 0.5) is 0 Å². The van der Waals surface area contributed by atoms with Crippen LogP contribution in [-0.2, 0) is 6.54 Å². The van der Waals surface area contributed by atoms with Gasteiger partial charge in [-0.25, -0.2) is 0 Å². The lowest BCUT2D eigenvalue weighted by atomic mass is 9.90. The Morgan fingerprint density at radius 1 is 1.20 bits per heavy atom. The molecule has 1 aromatic heterocycles. The van der Waals surface area contributed by atoms with Crippen molar-refractivity contribution in [3.63, 3.8) is 0 Å². The minimum atomic E-state index is 0.429. The van der Waals surface area contributed by atoms with Crippen LogP contribution in [0.2, 0.25) is 0 Å². The van der Waals surface area contributed by atoms with Gasteiger partial charge < -0.3 is 5.32 Å². The lowest BCUT2D eigenvalue weighted by Gasteiger charge is -2.46. The van der Waals surface area contributed by atoms with Gasteiger partial charge in [0.15, 0.2) is 0 Å². The lowest BCUT2D eigenvalue weighted by Crippen LogP contribution is -2.63. The van der Waals surface area contributed by atoms with Gasteiger partial charge in [0.2, 0.25) is 0 Å². The maximum atomic E-state index is 4.15. The fourth-order valence-corrected chi connectivity index (χ4v) is 4.24. The molecule has 20 heavy (non-hydrogen) atoms. The zero-order valence-corrected chi connectivity index (χ0v) is 12.2. The smallest absolute Gasteiger partial charge is 0.0309 e. The Hall–Kier alpha value is -0.930. The molecule has 2 aliphatic carbocycles. The first-order chi connectivity index (χ1) is 9.85. The third-order valence-corrected chi connectivity index (χ3v) is 5.52. The summed E-state index contributed by atoms with van der Waals surface area (Å²) in [6.07, 6.45) is 12.3. The van der Waals surface area contributed by atoms with E-state index >= 15 is 0 Å². The molecule has 2 heterocycles. The summed E-state index contributed by atoms with van der Waals surface area (Å²) in [5, 5.41) is 3.93. The van der Waals surface area contributed by atoms with Gasteiger partial charge in [0, 0.05) is 43.6 Å². The van der Waals surface area contributed by atoms with Crippen LogP contribution >= 0.6 is 0 Å². The van der Waals surface area contributed by atoms with Gasteiger partial charge in [0.25, 0.3) is 0 Å². The molecule has 3 aliphatic rings. The van der Waals surface area contributed by atoms with Gasteiger partial charge in [-0.05, 0) is 49.3 Å². The molecule has 3 heteroatoms. The largest absolute Gasteiger partial charge is 0.308 e. The first-order valence-corrected chi connectivity index (χ1v) is 8.23. The second kappa shape index (κ2) is 5.12. The molecule has 0 amide bonds. The van der Waals surface area contributed by atoms with Crippen LogP contribution in [0.25, 0.3) is 0 Å². The number of aromatic nitrogens is 1. The second-order valence-electron chi connectivity index (χ2n) is 7.03. The first-order valence-electron chi connectivity index (χ1n) is 8.23. The maximum absolute atomic E-state index is 4.15. The van der Waals surface area contributed by atoms with Crippen molar-refractivity contribution in [2.75, 3.05) is 13.1 Å². The molecule has 1 spiro atoms. The van der Waals surface area contributed by atoms with E-state index in [1.54, 1.807) is 0 Å². The fraction of sp³-hybridized carbons (Fsp3) is 0.706. The summed E-state index contributed by atoms with van der Waals surface area (Å²) in [5.41, 5.74) is 1.85. The lowest BCUT2D eigenvalue weighted by molar-refractivity contribution is 0.0627. The highest BCUT2D eigenvalue weighted by Gasteiger charge is 2.45. The molecular weight excluding hydrogens is 246 g/mol. The third kappa shape index (κ3) is 2.49. The zero-order valence-electron chi connectivity index (χ0n) is 12.2. The predicted octanol–water partition coefficient (Wildman–Crippen LogP) is 2.58. The normalized spacial score (nSPS) is 29.9. The van der Waals surface area contributed by atoms with Crippen molar-refractivity contribution in [2.24, 2.45) is 5.92 Å². The van der Waals surface area contributed by atoms with E-state index < -0.39 is 0 Å². The number of piperazine rings is 1. The van der Waals surface area contributed by atoms with E-state index in [0.717, 1.165) is 18.5 Å². The summed E-state index contributed by atoms with van der Waals surface area (Å²) in [5.74, 6) is 0.947. The maximum Gasteiger partial charge on any atom is 0.0309 e. The summed E-state index contributed by atoms with van der Waals surface area (Å²) < 4.78 is 0. The van der Waals surface area contributed by atoms with Crippen molar-refractivity contribution in [2.45, 2.75) is 56.7 Å². The van der Waals surface area contributed by atoms with E-state index in [4.69, 9.17) is 0 Å². The molecule has 0 aromatic carbocycles. The molecule has 1 N–H and O–H groups in total. The fourth-order valence-electron chi connectivity index (χ4n) is 4.24. The van der Waals surface area contributed by atoms with Crippen molar-refractivity contribution in [3.05, 3.63) is 30.1 Å². The minimum Gasteiger partial charge on any atom is -0.308 e. The van der Waals surface area contributed by atoms with Crippen LogP contribution in [0.15, 0.2) is 24.5 Å². The summed E-state index contributed by atoms with van der Waals surface area (Å²) in [7, 11) is 0. The van der Waals surface area contributed by atoms with Crippen molar-refractivity contribution in [1.82, 2.24) is 15.2 Å². The molecule has 1 unspecified atom stereocenters. The first kappa shape index (κ1) is 12.8. The molecule has 1 atom stereocenters. The molecule has 1 aliphatic heterocycles. The van der Waals surface area contributed by atoms with Crippen molar-refractivity contribution in [1.29, 1.82) is 0 Å². The van der Waals surface area contributed by atoms with Gasteiger partial charge in [-0.1, -0.05) is 12.8 Å². The standard InChI is InChI=1S/C17H25N3/c1-2-8-17(7-1)13-20(12-14-5-9-18-10-6-14)16(11-19-17)15-3-4-15/h5-6,9-10,15-16,19H,1-4,7-8,11-13H2. The topological polar surface area (TPSA) is 28.2 Å². The Bertz CT molecular complexity index is 449. The van der Waals surface area contributed by atoms with Crippen LogP contribution in [0.3, 0.4) is 0 Å². The summed E-state index contributed by atoms with van der Waals surface area (Å²) in [6.45, 7) is 3.55. The van der Waals surface area contributed by atoms with Crippen LogP contribution in [0.5, 0.6) is 0 Å². The zero-order chi connectivity index (χ0) is 13.4. The van der Waals surface area contributed by atoms with E-state index in [1.807, 2.05) is 12.4 Å². The highest BCUT2D eigenvalue weighted by molar-refractivity contribution is 5.12. The van der Waals surface area contributed by atoms with Crippen molar-refractivity contribution >= 4 is 0 Å². The Labute approximate surface area is 121 Å². The number of pyridine rings is 1. The monoisotopic (exact) mass is 271 g/mol. The highest BCUT2D eigenvalue weighted by atomic mass is 15.3. The molecule has 1 aromatic rings. The number of hydrogen-bond acceptors (Lipinski definition) is 3. The molecular formula is C17H25N3. The van der Waals surface area contributed by atoms with Gasteiger partial charge in [-0.15, -0.1) is 0 Å². The second-order valence-corrected chi connectivity index (χ2v) is 7.03. The van der Waals surface area contributed by atoms with Crippen LogP contribution in [0.1, 0.15) is 44.1 Å². The summed E-state index contributed by atoms with van der Waals surface area (Å²) in [6, 6.07) is 5.11. The number of nitrogens with zero attached hydrogens (tertiary/aromatic N) is 2. The Balaban J connectivity index is 1.52. The Kier molecular flexibility index (Phi) is 3.27. The molecule has 1 saturated heterocycles. The molecule has 0 radical (unpaired) electrons. The van der Waals surface area contributed by atoms with E-state index in [1.165, 1.54) is 57.2 Å². The summed E-state index contributed by atoms with van der Waals surface area (Å²) in [4.78, 5) is 6.92. The van der Waals surface area contributed by atoms with Crippen molar-refractivity contribution in [3.8, 4) is 0 Å². The Morgan fingerprint density at radius 2 is 1.95 bits per heavy atom. The summed E-state index contributed by atoms with van der Waals surface area (Å²) >= 11 is 0. The molecule has 2 saturated carbocycles. The molecule has 3 fully saturated rings. The number of hydrogen-bond donors (Lipinski definition) is 1. The van der Waals surface area contributed by atoms with Gasteiger partial charge >= 0.3 is 0 Å². The van der Waals surface area contributed by atoms with Gasteiger partial charge in [-0.3, -0.25) is 9.88 Å². The van der Waals surface area contributed by atoms with E-state index in [0.29, 0.717) is 5.54 Å². The average molecular weight is 271 g/mol. The molecule has 4 rings (SSSR count). The molecule has 3 nitrogen and oxygen atoms in total. The Morgan fingerprint density at radius 3 is 2.65 bits per heavy atom. The van der Waals surface area contributed by atoms with Crippen LogP contribution in [0, 0.1) is 5.92 Å². The van der Waals surface area contributed by atoms with Crippen LogP contribution < -0.4 is 5.32 Å². The third-order valence-electron chi connectivity index (χ3n) is 5.52. The number of rotatable bonds is 3. The van der Waals surface area contributed by atoms with Gasteiger partial charge in [0.1, 0.15) is 0 Å². The molecule has 0 bridgehead atoms. The predicted molar refractivity (Wildman–Crippen MR) is 80.4 cm³/mol. The van der Waals surface area contributed by atoms with Gasteiger partial charge in [0.05, 0.1) is 0 Å². The van der Waals surface area contributed by atoms with Crippen LogP contribution in [-0.4, -0.2) is 34.6 Å². The minimum absolute atomic E-state index is 0.429. The average Bonchev–Trinajstić information content (AvgIpc) is 3.22.